The highest BCUT2D eigenvalue weighted by atomic mass is 32.2. The second kappa shape index (κ2) is 6.89. The van der Waals surface area contributed by atoms with Crippen LogP contribution >= 0.6 is 0 Å². The van der Waals surface area contributed by atoms with Gasteiger partial charge in [0.1, 0.15) is 6.61 Å². The van der Waals surface area contributed by atoms with E-state index in [1.165, 1.54) is 0 Å². The molecule has 1 aromatic carbocycles. The number of rotatable bonds is 4. The molecule has 0 aliphatic rings. The minimum atomic E-state index is -3.62. The van der Waals surface area contributed by atoms with Gasteiger partial charge >= 0.3 is 0 Å². The zero-order valence-corrected chi connectivity index (χ0v) is 13.1. The van der Waals surface area contributed by atoms with Crippen LogP contribution in [0, 0.1) is 24.7 Å². The molecule has 2 N–H and O–H groups in total. The Morgan fingerprint density at radius 3 is 2.50 bits per heavy atom. The Morgan fingerprint density at radius 1 is 1.30 bits per heavy atom. The van der Waals surface area contributed by atoms with Crippen LogP contribution in [0.5, 0.6) is 0 Å². The lowest BCUT2D eigenvalue weighted by Gasteiger charge is -2.18. The van der Waals surface area contributed by atoms with Crippen molar-refractivity contribution in [1.82, 2.24) is 4.72 Å². The largest absolute Gasteiger partial charge is 0.384 e. The Bertz CT molecular complexity index is 624. The molecule has 1 unspecified atom stereocenters. The lowest BCUT2D eigenvalue weighted by atomic mass is 10.1. The van der Waals surface area contributed by atoms with Crippen LogP contribution in [0.25, 0.3) is 0 Å². The Morgan fingerprint density at radius 2 is 1.95 bits per heavy atom. The van der Waals surface area contributed by atoms with Gasteiger partial charge in [0.05, 0.1) is 4.90 Å². The zero-order valence-electron chi connectivity index (χ0n) is 12.3. The number of sulfonamides is 1. The predicted molar refractivity (Wildman–Crippen MR) is 79.8 cm³/mol. The van der Waals surface area contributed by atoms with Crippen molar-refractivity contribution in [1.29, 1.82) is 0 Å². The second-order valence-corrected chi connectivity index (χ2v) is 6.80. The molecule has 0 heterocycles. The van der Waals surface area contributed by atoms with Gasteiger partial charge in [0.15, 0.2) is 0 Å². The van der Waals surface area contributed by atoms with Crippen molar-refractivity contribution in [3.63, 3.8) is 0 Å². The molecule has 0 amide bonds. The summed E-state index contributed by atoms with van der Waals surface area (Å²) in [5.41, 5.74) is 1.32. The van der Waals surface area contributed by atoms with Gasteiger partial charge in [0.2, 0.25) is 10.0 Å². The quantitative estimate of drug-likeness (QED) is 0.830. The van der Waals surface area contributed by atoms with E-state index in [4.69, 9.17) is 5.11 Å². The first-order valence-electron chi connectivity index (χ1n) is 6.50. The van der Waals surface area contributed by atoms with Crippen LogP contribution in [0.15, 0.2) is 23.1 Å². The molecule has 0 saturated carbocycles. The fraction of sp³-hybridized carbons (Fsp3) is 0.467. The van der Waals surface area contributed by atoms with Gasteiger partial charge in [-0.2, -0.15) is 0 Å². The maximum atomic E-state index is 12.4. The lowest BCUT2D eigenvalue weighted by Crippen LogP contribution is -2.36. The molecule has 20 heavy (non-hydrogen) atoms. The van der Waals surface area contributed by atoms with Crippen molar-refractivity contribution in [3.05, 3.63) is 29.3 Å². The minimum Gasteiger partial charge on any atom is -0.384 e. The number of hydrogen-bond acceptors (Lipinski definition) is 3. The molecule has 110 valence electrons. The third kappa shape index (κ3) is 4.34. The fourth-order valence-electron chi connectivity index (χ4n) is 1.55. The van der Waals surface area contributed by atoms with E-state index in [1.54, 1.807) is 18.2 Å². The Balaban J connectivity index is 3.24. The highest BCUT2D eigenvalue weighted by Crippen LogP contribution is 2.18. The van der Waals surface area contributed by atoms with Crippen molar-refractivity contribution in [2.24, 2.45) is 5.92 Å². The highest BCUT2D eigenvalue weighted by Gasteiger charge is 2.21. The van der Waals surface area contributed by atoms with E-state index in [2.05, 4.69) is 16.6 Å². The van der Waals surface area contributed by atoms with Crippen molar-refractivity contribution in [2.45, 2.75) is 38.6 Å². The minimum absolute atomic E-state index is 0.150. The Labute approximate surface area is 121 Å². The maximum absolute atomic E-state index is 12.4. The van der Waals surface area contributed by atoms with E-state index < -0.39 is 10.0 Å². The van der Waals surface area contributed by atoms with E-state index in [0.717, 1.165) is 5.56 Å². The van der Waals surface area contributed by atoms with E-state index in [9.17, 15) is 8.42 Å². The number of aliphatic hydroxyl groups is 1. The molecule has 1 rings (SSSR count). The summed E-state index contributed by atoms with van der Waals surface area (Å²) in [6.45, 7) is 7.30. The van der Waals surface area contributed by atoms with Crippen LogP contribution in [0.4, 0.5) is 0 Å². The van der Waals surface area contributed by atoms with Crippen molar-refractivity contribution >= 4 is 10.0 Å². The van der Waals surface area contributed by atoms with Crippen LogP contribution in [-0.4, -0.2) is 26.2 Å². The molecular formula is C15H21NO3S. The summed E-state index contributed by atoms with van der Waals surface area (Å²) in [4.78, 5) is 0.150. The maximum Gasteiger partial charge on any atom is 0.242 e. The number of benzene rings is 1. The molecule has 4 nitrogen and oxygen atoms in total. The van der Waals surface area contributed by atoms with E-state index in [-0.39, 0.29) is 23.5 Å². The van der Waals surface area contributed by atoms with E-state index >= 15 is 0 Å². The van der Waals surface area contributed by atoms with E-state index in [0.29, 0.717) is 5.56 Å². The average Bonchev–Trinajstić information content (AvgIpc) is 2.35. The molecular weight excluding hydrogens is 274 g/mol. The first-order valence-corrected chi connectivity index (χ1v) is 7.99. The molecule has 0 aliphatic heterocycles. The van der Waals surface area contributed by atoms with Gasteiger partial charge in [-0.25, -0.2) is 13.1 Å². The van der Waals surface area contributed by atoms with E-state index in [1.807, 2.05) is 27.7 Å². The number of aryl methyl sites for hydroxylation is 1. The zero-order chi connectivity index (χ0) is 15.3. The summed E-state index contributed by atoms with van der Waals surface area (Å²) in [7, 11) is -3.62. The molecule has 0 fully saturated rings. The third-order valence-corrected chi connectivity index (χ3v) is 4.68. The first-order chi connectivity index (χ1) is 9.27. The van der Waals surface area contributed by atoms with Crippen molar-refractivity contribution in [2.75, 3.05) is 6.61 Å². The second-order valence-electron chi connectivity index (χ2n) is 5.11. The van der Waals surface area contributed by atoms with Gasteiger partial charge in [0.25, 0.3) is 0 Å². The molecule has 0 spiro atoms. The third-order valence-electron chi connectivity index (χ3n) is 3.07. The molecule has 5 heteroatoms. The van der Waals surface area contributed by atoms with Crippen LogP contribution in [-0.2, 0) is 10.0 Å². The number of nitrogens with one attached hydrogen (secondary N) is 1. The standard InChI is InChI=1S/C15H21NO3S/c1-11(2)13(4)16-20(18,19)15-8-7-12(3)10-14(15)6-5-9-17/h7-8,10-11,13,16-17H,9H2,1-4H3. The molecule has 0 aliphatic carbocycles. The summed E-state index contributed by atoms with van der Waals surface area (Å²) in [6, 6.07) is 4.82. The van der Waals surface area contributed by atoms with Crippen LogP contribution < -0.4 is 4.72 Å². The summed E-state index contributed by atoms with van der Waals surface area (Å²) < 4.78 is 27.5. The Hall–Kier alpha value is -1.35. The summed E-state index contributed by atoms with van der Waals surface area (Å²) in [5, 5.41) is 8.77. The molecule has 0 aromatic heterocycles. The molecule has 0 saturated heterocycles. The average molecular weight is 295 g/mol. The van der Waals surface area contributed by atoms with Crippen molar-refractivity contribution in [3.8, 4) is 11.8 Å². The monoisotopic (exact) mass is 295 g/mol. The van der Waals surface area contributed by atoms with Crippen LogP contribution in [0.1, 0.15) is 31.9 Å². The molecule has 0 radical (unpaired) electrons. The first kappa shape index (κ1) is 16.7. The Kier molecular flexibility index (Phi) is 5.75. The molecule has 1 aromatic rings. The SMILES string of the molecule is Cc1ccc(S(=O)(=O)NC(C)C(C)C)c(C#CCO)c1. The normalized spacial score (nSPS) is 12.9. The smallest absolute Gasteiger partial charge is 0.242 e. The van der Waals surface area contributed by atoms with Crippen LogP contribution in [0.3, 0.4) is 0 Å². The highest BCUT2D eigenvalue weighted by molar-refractivity contribution is 7.89. The lowest BCUT2D eigenvalue weighted by molar-refractivity contribution is 0.350. The fourth-order valence-corrected chi connectivity index (χ4v) is 3.09. The van der Waals surface area contributed by atoms with Gasteiger partial charge in [0, 0.05) is 11.6 Å². The predicted octanol–water partition coefficient (Wildman–Crippen LogP) is 1.66. The molecule has 1 atom stereocenters. The molecule has 0 bridgehead atoms. The van der Waals surface area contributed by atoms with Gasteiger partial charge in [-0.15, -0.1) is 0 Å². The van der Waals surface area contributed by atoms with Gasteiger partial charge in [-0.05, 0) is 37.5 Å². The summed E-state index contributed by atoms with van der Waals surface area (Å²) >= 11 is 0. The van der Waals surface area contributed by atoms with Crippen LogP contribution in [0.2, 0.25) is 0 Å². The van der Waals surface area contributed by atoms with Gasteiger partial charge in [-0.3, -0.25) is 0 Å². The topological polar surface area (TPSA) is 66.4 Å². The summed E-state index contributed by atoms with van der Waals surface area (Å²) in [5.74, 6) is 5.38. The van der Waals surface area contributed by atoms with Gasteiger partial charge in [-0.1, -0.05) is 31.8 Å². The van der Waals surface area contributed by atoms with Gasteiger partial charge < -0.3 is 5.11 Å². The number of hydrogen-bond donors (Lipinski definition) is 2. The number of aliphatic hydroxyl groups excluding tert-OH is 1. The van der Waals surface area contributed by atoms with Crippen molar-refractivity contribution < 1.29 is 13.5 Å². The summed E-state index contributed by atoms with van der Waals surface area (Å²) in [6.07, 6.45) is 0.